The number of hydrogen-bond donors (Lipinski definition) is 1. The number of carbonyl (C=O) groups excluding carboxylic acids is 1. The third kappa shape index (κ3) is 5.80. The van der Waals surface area contributed by atoms with Gasteiger partial charge in [-0.2, -0.15) is 0 Å². The van der Waals surface area contributed by atoms with Crippen LogP contribution in [0.1, 0.15) is 41.9 Å². The first kappa shape index (κ1) is 23.1. The zero-order chi connectivity index (χ0) is 22.8. The molecule has 10 heteroatoms. The smallest absolute Gasteiger partial charge is 0.273 e. The number of nitrogens with one attached hydrogen (secondary N) is 1. The van der Waals surface area contributed by atoms with E-state index in [0.717, 1.165) is 24.5 Å². The van der Waals surface area contributed by atoms with Gasteiger partial charge in [-0.1, -0.05) is 17.7 Å². The molecular weight excluding hydrogens is 448 g/mol. The van der Waals surface area contributed by atoms with Gasteiger partial charge in [-0.05, 0) is 43.5 Å². The van der Waals surface area contributed by atoms with E-state index in [9.17, 15) is 22.0 Å². The molecule has 1 aromatic carbocycles. The molecule has 1 fully saturated rings. The van der Waals surface area contributed by atoms with Crippen molar-refractivity contribution < 1.29 is 22.0 Å². The molecule has 0 spiro atoms. The van der Waals surface area contributed by atoms with Crippen LogP contribution in [0.3, 0.4) is 0 Å². The Morgan fingerprint density at radius 3 is 2.77 bits per heavy atom. The maximum Gasteiger partial charge on any atom is 0.273 e. The SMILES string of the molecule is C[C@H](/C=C/S(C)(=O)=O)NC(=O)c1ncc(N2CCCC2c2cc(F)ccc2Cl)cc1F. The van der Waals surface area contributed by atoms with E-state index < -0.39 is 39.1 Å². The summed E-state index contributed by atoms with van der Waals surface area (Å²) in [5.74, 6) is -1.98. The number of carbonyl (C=O) groups is 1. The summed E-state index contributed by atoms with van der Waals surface area (Å²) >= 11 is 6.25. The zero-order valence-electron chi connectivity index (χ0n) is 17.0. The quantitative estimate of drug-likeness (QED) is 0.691. The molecule has 1 aliphatic heterocycles. The Labute approximate surface area is 184 Å². The minimum absolute atomic E-state index is 0.231. The summed E-state index contributed by atoms with van der Waals surface area (Å²) in [6.45, 7) is 2.17. The Bertz CT molecular complexity index is 1120. The standard InChI is InChI=1S/C21H22ClF2N3O3S/c1-13(7-9-31(2,29)30)26-21(28)20-18(24)11-15(12-25-20)27-8-3-4-19(27)16-10-14(23)5-6-17(16)22/h5-7,9-13,19H,3-4,8H2,1-2H3,(H,26,28)/b9-7+/t13-,19?/m1/s1. The maximum atomic E-state index is 14.7. The van der Waals surface area contributed by atoms with E-state index in [1.807, 2.05) is 4.90 Å². The highest BCUT2D eigenvalue weighted by atomic mass is 35.5. The van der Waals surface area contributed by atoms with E-state index >= 15 is 0 Å². The van der Waals surface area contributed by atoms with Gasteiger partial charge in [0.1, 0.15) is 5.82 Å². The molecule has 1 amide bonds. The van der Waals surface area contributed by atoms with Gasteiger partial charge in [-0.3, -0.25) is 4.79 Å². The number of anilines is 1. The van der Waals surface area contributed by atoms with Crippen LogP contribution < -0.4 is 10.2 Å². The van der Waals surface area contributed by atoms with Gasteiger partial charge in [-0.25, -0.2) is 22.2 Å². The van der Waals surface area contributed by atoms with Crippen molar-refractivity contribution in [1.29, 1.82) is 0 Å². The Morgan fingerprint density at radius 1 is 1.35 bits per heavy atom. The molecule has 0 saturated carbocycles. The summed E-state index contributed by atoms with van der Waals surface area (Å²) in [6, 6.07) is 4.50. The first-order valence-electron chi connectivity index (χ1n) is 9.61. The highest BCUT2D eigenvalue weighted by Gasteiger charge is 2.29. The second-order valence-electron chi connectivity index (χ2n) is 7.46. The van der Waals surface area contributed by atoms with Gasteiger partial charge in [0.05, 0.1) is 17.9 Å². The Morgan fingerprint density at radius 2 is 2.10 bits per heavy atom. The topological polar surface area (TPSA) is 79.4 Å². The summed E-state index contributed by atoms with van der Waals surface area (Å²) in [4.78, 5) is 18.2. The molecule has 1 aromatic heterocycles. The number of amides is 1. The van der Waals surface area contributed by atoms with E-state index in [1.54, 1.807) is 6.92 Å². The fourth-order valence-corrected chi connectivity index (χ4v) is 4.27. The van der Waals surface area contributed by atoms with Crippen molar-refractivity contribution in [2.24, 2.45) is 0 Å². The third-order valence-corrected chi connectivity index (χ3v) is 5.91. The molecule has 2 atom stereocenters. The normalized spacial score (nSPS) is 17.8. The Hall–Kier alpha value is -2.52. The van der Waals surface area contributed by atoms with Crippen LogP contribution in [0.5, 0.6) is 0 Å². The van der Waals surface area contributed by atoms with Crippen LogP contribution in [-0.4, -0.2) is 38.2 Å². The fraction of sp³-hybridized carbons (Fsp3) is 0.333. The van der Waals surface area contributed by atoms with Crippen LogP contribution in [0.25, 0.3) is 0 Å². The molecular formula is C21H22ClF2N3O3S. The van der Waals surface area contributed by atoms with Crippen molar-refractivity contribution >= 4 is 33.0 Å². The van der Waals surface area contributed by atoms with Crippen LogP contribution in [0.15, 0.2) is 41.9 Å². The van der Waals surface area contributed by atoms with Crippen molar-refractivity contribution in [3.8, 4) is 0 Å². The molecule has 31 heavy (non-hydrogen) atoms. The number of aromatic nitrogens is 1. The van der Waals surface area contributed by atoms with Crippen LogP contribution >= 0.6 is 11.6 Å². The molecule has 1 aliphatic rings. The highest BCUT2D eigenvalue weighted by molar-refractivity contribution is 7.93. The monoisotopic (exact) mass is 469 g/mol. The van der Waals surface area contributed by atoms with Crippen molar-refractivity contribution in [1.82, 2.24) is 10.3 Å². The first-order chi connectivity index (χ1) is 14.5. The van der Waals surface area contributed by atoms with E-state index in [2.05, 4.69) is 10.3 Å². The molecule has 2 aromatic rings. The molecule has 0 bridgehead atoms. The lowest BCUT2D eigenvalue weighted by atomic mass is 10.0. The molecule has 2 heterocycles. The summed E-state index contributed by atoms with van der Waals surface area (Å²) < 4.78 is 50.8. The van der Waals surface area contributed by atoms with Crippen molar-refractivity contribution in [3.63, 3.8) is 0 Å². The molecule has 1 unspecified atom stereocenters. The van der Waals surface area contributed by atoms with Crippen LogP contribution in [0.2, 0.25) is 5.02 Å². The lowest BCUT2D eigenvalue weighted by molar-refractivity contribution is 0.0937. The average molecular weight is 470 g/mol. The van der Waals surface area contributed by atoms with Gasteiger partial charge >= 0.3 is 0 Å². The van der Waals surface area contributed by atoms with E-state index in [1.165, 1.54) is 36.5 Å². The fourth-order valence-electron chi connectivity index (χ4n) is 3.50. The van der Waals surface area contributed by atoms with Gasteiger partial charge in [0, 0.05) is 35.3 Å². The molecule has 1 N–H and O–H groups in total. The number of pyridine rings is 1. The largest absolute Gasteiger partial charge is 0.363 e. The lowest BCUT2D eigenvalue weighted by Gasteiger charge is -2.27. The Balaban J connectivity index is 1.79. The second kappa shape index (κ2) is 9.32. The zero-order valence-corrected chi connectivity index (χ0v) is 18.6. The second-order valence-corrected chi connectivity index (χ2v) is 9.80. The van der Waals surface area contributed by atoms with E-state index in [-0.39, 0.29) is 6.04 Å². The molecule has 6 nitrogen and oxygen atoms in total. The highest BCUT2D eigenvalue weighted by Crippen LogP contribution is 2.39. The number of halogens is 3. The average Bonchev–Trinajstić information content (AvgIpc) is 3.17. The van der Waals surface area contributed by atoms with Crippen molar-refractivity contribution in [2.45, 2.75) is 31.8 Å². The van der Waals surface area contributed by atoms with Crippen molar-refractivity contribution in [3.05, 3.63) is 69.9 Å². The van der Waals surface area contributed by atoms with Gasteiger partial charge in [0.15, 0.2) is 21.3 Å². The predicted octanol–water partition coefficient (Wildman–Crippen LogP) is 4.03. The predicted molar refractivity (Wildman–Crippen MR) is 116 cm³/mol. The minimum atomic E-state index is -3.34. The third-order valence-electron chi connectivity index (χ3n) is 4.92. The van der Waals surface area contributed by atoms with Crippen LogP contribution in [0, 0.1) is 11.6 Å². The van der Waals surface area contributed by atoms with Gasteiger partial charge in [-0.15, -0.1) is 0 Å². The summed E-state index contributed by atoms with van der Waals surface area (Å²) in [6.07, 6.45) is 5.24. The number of benzene rings is 1. The van der Waals surface area contributed by atoms with Gasteiger partial charge < -0.3 is 10.2 Å². The molecule has 3 rings (SSSR count). The first-order valence-corrected chi connectivity index (χ1v) is 11.9. The number of sulfone groups is 1. The van der Waals surface area contributed by atoms with E-state index in [4.69, 9.17) is 11.6 Å². The van der Waals surface area contributed by atoms with Gasteiger partial charge in [0.2, 0.25) is 0 Å². The maximum absolute atomic E-state index is 14.7. The van der Waals surface area contributed by atoms with Gasteiger partial charge in [0.25, 0.3) is 5.91 Å². The molecule has 0 aliphatic carbocycles. The van der Waals surface area contributed by atoms with Crippen LogP contribution in [-0.2, 0) is 9.84 Å². The van der Waals surface area contributed by atoms with Crippen molar-refractivity contribution in [2.75, 3.05) is 17.7 Å². The number of nitrogens with zero attached hydrogens (tertiary/aromatic N) is 2. The summed E-state index contributed by atoms with van der Waals surface area (Å²) in [5.41, 5.74) is 0.678. The minimum Gasteiger partial charge on any atom is -0.363 e. The number of rotatable bonds is 6. The van der Waals surface area contributed by atoms with E-state index in [0.29, 0.717) is 22.8 Å². The molecule has 0 radical (unpaired) electrons. The molecule has 166 valence electrons. The van der Waals surface area contributed by atoms with Crippen LogP contribution in [0.4, 0.5) is 14.5 Å². The number of hydrogen-bond acceptors (Lipinski definition) is 5. The summed E-state index contributed by atoms with van der Waals surface area (Å²) in [7, 11) is -3.34. The lowest BCUT2D eigenvalue weighted by Crippen LogP contribution is -2.32. The molecule has 1 saturated heterocycles. The Kier molecular flexibility index (Phi) is 6.96. The summed E-state index contributed by atoms with van der Waals surface area (Å²) in [5, 5.41) is 3.88.